The fraction of sp³-hybridized carbons (Fsp3) is 0.333. The van der Waals surface area contributed by atoms with E-state index in [0.717, 1.165) is 48.2 Å². The van der Waals surface area contributed by atoms with Crippen LogP contribution in [0.1, 0.15) is 20.7 Å². The lowest BCUT2D eigenvalue weighted by molar-refractivity contribution is 0.0730. The quantitative estimate of drug-likeness (QED) is 0.378. The lowest BCUT2D eigenvalue weighted by Crippen LogP contribution is -2.23. The zero-order chi connectivity index (χ0) is 19.8. The molecule has 0 aliphatic rings. The fourth-order valence-electron chi connectivity index (χ4n) is 1.39. The maximum Gasteiger partial charge on any atom is 0.353 e. The third kappa shape index (κ3) is 7.92. The van der Waals surface area contributed by atoms with Crippen LogP contribution in [0.2, 0.25) is 0 Å². The third-order valence-electron chi connectivity index (χ3n) is 2.52. The first-order valence-corrected chi connectivity index (χ1v) is 12.3. The molecule has 0 heterocycles. The second kappa shape index (κ2) is 10.1. The van der Waals surface area contributed by atoms with Crippen LogP contribution in [0.4, 0.5) is 0 Å². The molecule has 0 unspecified atom stereocenters. The molecule has 26 heavy (non-hydrogen) atoms. The van der Waals surface area contributed by atoms with Gasteiger partial charge in [-0.05, 0) is 36.8 Å². The molecule has 146 valence electrons. The van der Waals surface area contributed by atoms with Gasteiger partial charge in [0.2, 0.25) is 0 Å². The van der Waals surface area contributed by atoms with Crippen molar-refractivity contribution >= 4 is 56.1 Å². The van der Waals surface area contributed by atoms with Gasteiger partial charge in [-0.2, -0.15) is 16.8 Å². The van der Waals surface area contributed by atoms with E-state index in [4.69, 9.17) is 0 Å². The topological polar surface area (TPSA) is 145 Å². The number of nitrogens with one attached hydrogen (secondary N) is 2. The van der Waals surface area contributed by atoms with Crippen LogP contribution in [-0.2, 0) is 28.6 Å². The number of benzene rings is 1. The van der Waals surface area contributed by atoms with Crippen molar-refractivity contribution in [2.45, 2.75) is 0 Å². The minimum absolute atomic E-state index is 0.138. The lowest BCUT2D eigenvalue weighted by Gasteiger charge is -2.07. The molecule has 0 saturated heterocycles. The number of hydrogen-bond donors (Lipinski definition) is 2. The van der Waals surface area contributed by atoms with Crippen LogP contribution in [0.25, 0.3) is 0 Å². The first kappa shape index (κ1) is 22.7. The summed E-state index contributed by atoms with van der Waals surface area (Å²) in [7, 11) is -8.22. The minimum atomic E-state index is -4.11. The standard InChI is InChI=1S/C12H16N2O8S4/c1-23-13-7-25(17,18)21-11(15)9-3-5-10(6-4-9)12(16)22-26(19,20)8-14-24-2/h3-6,13-14H,7-8H2,1-2H3. The maximum absolute atomic E-state index is 11.8. The van der Waals surface area contributed by atoms with Crippen molar-refractivity contribution in [3.05, 3.63) is 35.4 Å². The van der Waals surface area contributed by atoms with Gasteiger partial charge in [0.05, 0.1) is 11.1 Å². The number of hydrogen-bond acceptors (Lipinski definition) is 12. The predicted octanol–water partition coefficient (Wildman–Crippen LogP) is 0.310. The summed E-state index contributed by atoms with van der Waals surface area (Å²) < 4.78 is 59.7. The molecule has 0 radical (unpaired) electrons. The Morgan fingerprint density at radius 3 is 1.38 bits per heavy atom. The second-order valence-electron chi connectivity index (χ2n) is 4.42. The van der Waals surface area contributed by atoms with Crippen LogP contribution in [-0.4, -0.2) is 53.0 Å². The van der Waals surface area contributed by atoms with E-state index in [1.807, 2.05) is 0 Å². The van der Waals surface area contributed by atoms with Gasteiger partial charge >= 0.3 is 32.2 Å². The number of carbonyl (C=O) groups is 2. The van der Waals surface area contributed by atoms with Crippen molar-refractivity contribution in [2.75, 3.05) is 24.3 Å². The molecular formula is C12H16N2O8S4. The Bertz CT molecular complexity index is 765. The van der Waals surface area contributed by atoms with Gasteiger partial charge in [-0.1, -0.05) is 23.9 Å². The van der Waals surface area contributed by atoms with Crippen LogP contribution in [0, 0.1) is 0 Å². The molecule has 0 atom stereocenters. The largest absolute Gasteiger partial charge is 0.353 e. The molecular weight excluding hydrogens is 428 g/mol. The summed E-state index contributed by atoms with van der Waals surface area (Å²) in [6.45, 7) is 0. The summed E-state index contributed by atoms with van der Waals surface area (Å²) in [5.41, 5.74) is -0.276. The number of carbonyl (C=O) groups excluding carboxylic acids is 2. The molecule has 0 aliphatic carbocycles. The first-order valence-electron chi connectivity index (χ1n) is 6.65. The summed E-state index contributed by atoms with van der Waals surface area (Å²) in [5.74, 6) is -3.40. The highest BCUT2D eigenvalue weighted by Crippen LogP contribution is 2.11. The normalized spacial score (nSPS) is 11.8. The van der Waals surface area contributed by atoms with E-state index < -0.39 is 43.9 Å². The van der Waals surface area contributed by atoms with E-state index in [2.05, 4.69) is 17.8 Å². The molecule has 1 aromatic carbocycles. The molecule has 0 aliphatic heterocycles. The van der Waals surface area contributed by atoms with E-state index in [9.17, 15) is 26.4 Å². The van der Waals surface area contributed by atoms with E-state index >= 15 is 0 Å². The highest BCUT2D eigenvalue weighted by molar-refractivity contribution is 7.98. The molecule has 10 nitrogen and oxygen atoms in total. The van der Waals surface area contributed by atoms with E-state index in [0.29, 0.717) is 0 Å². The fourth-order valence-corrected chi connectivity index (χ4v) is 4.26. The third-order valence-corrected chi connectivity index (χ3v) is 5.56. The van der Waals surface area contributed by atoms with Gasteiger partial charge < -0.3 is 8.37 Å². The molecule has 14 heteroatoms. The summed E-state index contributed by atoms with van der Waals surface area (Å²) in [6.07, 6.45) is 3.21. The molecule has 0 amide bonds. The van der Waals surface area contributed by atoms with Crippen LogP contribution < -0.4 is 9.44 Å². The Balaban J connectivity index is 2.76. The SMILES string of the molecule is CSNCS(=O)(=O)OC(=O)c1ccc(C(=O)OS(=O)(=O)CNSC)cc1. The smallest absolute Gasteiger partial charge is 0.340 e. The van der Waals surface area contributed by atoms with Crippen LogP contribution in [0.15, 0.2) is 24.3 Å². The molecule has 0 spiro atoms. The van der Waals surface area contributed by atoms with E-state index in [1.54, 1.807) is 12.5 Å². The van der Waals surface area contributed by atoms with E-state index in [1.165, 1.54) is 0 Å². The maximum atomic E-state index is 11.8. The molecule has 0 bridgehead atoms. The highest BCUT2D eigenvalue weighted by Gasteiger charge is 2.21. The Kier molecular flexibility index (Phi) is 8.85. The van der Waals surface area contributed by atoms with Crippen molar-refractivity contribution in [2.24, 2.45) is 0 Å². The van der Waals surface area contributed by atoms with Crippen LogP contribution in [0.5, 0.6) is 0 Å². The minimum Gasteiger partial charge on any atom is -0.340 e. The summed E-state index contributed by atoms with van der Waals surface area (Å²) >= 11 is 2.08. The van der Waals surface area contributed by atoms with Gasteiger partial charge in [0.25, 0.3) is 0 Å². The molecule has 0 fully saturated rings. The monoisotopic (exact) mass is 444 g/mol. The molecule has 2 N–H and O–H groups in total. The zero-order valence-corrected chi connectivity index (χ0v) is 16.9. The Morgan fingerprint density at radius 2 is 1.12 bits per heavy atom. The zero-order valence-electron chi connectivity index (χ0n) is 13.6. The average molecular weight is 445 g/mol. The van der Waals surface area contributed by atoms with Crippen molar-refractivity contribution in [1.29, 1.82) is 0 Å². The van der Waals surface area contributed by atoms with Crippen molar-refractivity contribution in [3.63, 3.8) is 0 Å². The van der Waals surface area contributed by atoms with Gasteiger partial charge in [-0.25, -0.2) is 19.0 Å². The molecule has 1 rings (SSSR count). The lowest BCUT2D eigenvalue weighted by atomic mass is 10.1. The van der Waals surface area contributed by atoms with Gasteiger partial charge in [0.1, 0.15) is 11.8 Å². The van der Waals surface area contributed by atoms with Gasteiger partial charge in [-0.3, -0.25) is 0 Å². The predicted molar refractivity (Wildman–Crippen MR) is 98.1 cm³/mol. The van der Waals surface area contributed by atoms with Crippen molar-refractivity contribution < 1.29 is 34.8 Å². The van der Waals surface area contributed by atoms with E-state index in [-0.39, 0.29) is 11.1 Å². The number of rotatable bonds is 10. The second-order valence-corrected chi connectivity index (χ2v) is 8.96. The average Bonchev–Trinajstić information content (AvgIpc) is 2.57. The van der Waals surface area contributed by atoms with Gasteiger partial charge in [-0.15, -0.1) is 0 Å². The molecule has 0 aromatic heterocycles. The van der Waals surface area contributed by atoms with Crippen LogP contribution in [0.3, 0.4) is 0 Å². The summed E-state index contributed by atoms with van der Waals surface area (Å²) in [4.78, 5) is 23.6. The Labute approximate surface area is 159 Å². The van der Waals surface area contributed by atoms with Crippen molar-refractivity contribution in [3.8, 4) is 0 Å². The molecule has 1 aromatic rings. The Hall–Kier alpha value is -1.32. The van der Waals surface area contributed by atoms with Gasteiger partial charge in [0, 0.05) is 0 Å². The Morgan fingerprint density at radius 1 is 0.808 bits per heavy atom. The summed E-state index contributed by atoms with van der Waals surface area (Å²) in [6, 6.07) is 4.46. The highest BCUT2D eigenvalue weighted by atomic mass is 32.2. The summed E-state index contributed by atoms with van der Waals surface area (Å²) in [5, 5.41) is 0. The van der Waals surface area contributed by atoms with Gasteiger partial charge in [0.15, 0.2) is 0 Å². The van der Waals surface area contributed by atoms with Crippen LogP contribution >= 0.6 is 23.9 Å². The van der Waals surface area contributed by atoms with Crippen molar-refractivity contribution in [1.82, 2.24) is 9.44 Å². The molecule has 0 saturated carbocycles. The first-order chi connectivity index (χ1) is 12.1.